The van der Waals surface area contributed by atoms with E-state index in [-0.39, 0.29) is 5.56 Å². The van der Waals surface area contributed by atoms with E-state index in [1.54, 1.807) is 0 Å². The molecule has 1 aliphatic heterocycles. The molecule has 0 saturated carbocycles. The number of benzene rings is 2. The Morgan fingerprint density at radius 1 is 1.00 bits per heavy atom. The summed E-state index contributed by atoms with van der Waals surface area (Å²) in [5.41, 5.74) is 3.73. The van der Waals surface area contributed by atoms with Gasteiger partial charge >= 0.3 is 0 Å². The largest absolute Gasteiger partial charge is 0.322 e. The normalized spacial score (nSPS) is 15.3. The summed E-state index contributed by atoms with van der Waals surface area (Å²) in [7, 11) is 2.16. The summed E-state index contributed by atoms with van der Waals surface area (Å²) < 4.78 is 0. The molecule has 2 aromatic carbocycles. The smallest absolute Gasteiger partial charge is 0.251 e. The fraction of sp³-hybridized carbons (Fsp3) is 0.292. The Morgan fingerprint density at radius 2 is 1.79 bits per heavy atom. The number of aromatic amines is 1. The third-order valence-corrected chi connectivity index (χ3v) is 5.29. The minimum Gasteiger partial charge on any atom is -0.322 e. The SMILES string of the molecule is CN1CCN(CC#Cc2ccc3[nH]c(=O)c(Cc4ccccc4)cc3c2)CC1. The van der Waals surface area contributed by atoms with Crippen molar-refractivity contribution < 1.29 is 0 Å². The summed E-state index contributed by atoms with van der Waals surface area (Å²) in [5.74, 6) is 6.58. The second kappa shape index (κ2) is 8.43. The topological polar surface area (TPSA) is 39.3 Å². The zero-order valence-electron chi connectivity index (χ0n) is 16.2. The van der Waals surface area contributed by atoms with Gasteiger partial charge in [-0.05, 0) is 42.3 Å². The van der Waals surface area contributed by atoms with E-state index >= 15 is 0 Å². The van der Waals surface area contributed by atoms with Gasteiger partial charge in [-0.3, -0.25) is 9.69 Å². The van der Waals surface area contributed by atoms with E-state index in [4.69, 9.17) is 0 Å². The standard InChI is InChI=1S/C24H25N3O/c1-26-12-14-27(15-13-26)11-5-8-20-9-10-23-21(16-20)18-22(24(28)25-23)17-19-6-3-2-4-7-19/h2-4,6-7,9-10,16,18H,11-15,17H2,1H3,(H,25,28). The molecule has 1 saturated heterocycles. The maximum Gasteiger partial charge on any atom is 0.251 e. The third kappa shape index (κ3) is 4.51. The van der Waals surface area contributed by atoms with Crippen LogP contribution in [0.15, 0.2) is 59.4 Å². The van der Waals surface area contributed by atoms with E-state index in [1.807, 2.05) is 48.5 Å². The Morgan fingerprint density at radius 3 is 2.57 bits per heavy atom. The molecule has 0 amide bonds. The maximum atomic E-state index is 12.4. The van der Waals surface area contributed by atoms with Crippen molar-refractivity contribution in [2.45, 2.75) is 6.42 Å². The van der Waals surface area contributed by atoms with Gasteiger partial charge in [-0.1, -0.05) is 42.2 Å². The maximum absolute atomic E-state index is 12.4. The van der Waals surface area contributed by atoms with Crippen LogP contribution in [0.2, 0.25) is 0 Å². The number of pyridine rings is 1. The molecule has 0 aliphatic carbocycles. The van der Waals surface area contributed by atoms with Gasteiger partial charge in [0.05, 0.1) is 6.54 Å². The van der Waals surface area contributed by atoms with Crippen molar-refractivity contribution in [3.63, 3.8) is 0 Å². The summed E-state index contributed by atoms with van der Waals surface area (Å²) in [5, 5.41) is 1.02. The van der Waals surface area contributed by atoms with Crippen molar-refractivity contribution >= 4 is 10.9 Å². The minimum absolute atomic E-state index is 0.0229. The molecule has 0 bridgehead atoms. The molecule has 1 fully saturated rings. The molecule has 1 aromatic heterocycles. The first-order chi connectivity index (χ1) is 13.7. The number of rotatable bonds is 3. The van der Waals surface area contributed by atoms with Crippen LogP contribution in [0.1, 0.15) is 16.7 Å². The van der Waals surface area contributed by atoms with E-state index in [1.165, 1.54) is 0 Å². The highest BCUT2D eigenvalue weighted by molar-refractivity contribution is 5.80. The minimum atomic E-state index is -0.0229. The Balaban J connectivity index is 1.52. The lowest BCUT2D eigenvalue weighted by atomic mass is 10.0. The van der Waals surface area contributed by atoms with Gasteiger partial charge < -0.3 is 9.88 Å². The Hall–Kier alpha value is -2.87. The number of fused-ring (bicyclic) bond motifs is 1. The van der Waals surface area contributed by atoms with Crippen LogP contribution >= 0.6 is 0 Å². The molecule has 0 atom stereocenters. The van der Waals surface area contributed by atoms with E-state index in [0.29, 0.717) is 6.42 Å². The number of nitrogens with one attached hydrogen (secondary N) is 1. The van der Waals surface area contributed by atoms with E-state index in [9.17, 15) is 4.79 Å². The van der Waals surface area contributed by atoms with Crippen molar-refractivity contribution in [2.24, 2.45) is 0 Å². The van der Waals surface area contributed by atoms with Crippen molar-refractivity contribution in [1.82, 2.24) is 14.8 Å². The molecule has 142 valence electrons. The van der Waals surface area contributed by atoms with Crippen LogP contribution in [0.5, 0.6) is 0 Å². The lowest BCUT2D eigenvalue weighted by molar-refractivity contribution is 0.168. The van der Waals surface area contributed by atoms with Gasteiger partial charge in [0.1, 0.15) is 0 Å². The molecule has 2 heterocycles. The first-order valence-electron chi connectivity index (χ1n) is 9.77. The molecular weight excluding hydrogens is 346 g/mol. The van der Waals surface area contributed by atoms with E-state index in [2.05, 4.69) is 39.7 Å². The highest BCUT2D eigenvalue weighted by Gasteiger charge is 2.11. The third-order valence-electron chi connectivity index (χ3n) is 5.29. The van der Waals surface area contributed by atoms with Gasteiger partial charge in [-0.25, -0.2) is 0 Å². The van der Waals surface area contributed by atoms with Crippen LogP contribution in [0, 0.1) is 11.8 Å². The predicted molar refractivity (Wildman–Crippen MR) is 115 cm³/mol. The van der Waals surface area contributed by atoms with Crippen molar-refractivity contribution in [1.29, 1.82) is 0 Å². The fourth-order valence-corrected chi connectivity index (χ4v) is 3.54. The quantitative estimate of drug-likeness (QED) is 0.720. The first-order valence-corrected chi connectivity index (χ1v) is 9.77. The molecule has 0 radical (unpaired) electrons. The molecule has 1 aliphatic rings. The van der Waals surface area contributed by atoms with Gasteiger partial charge in [0.2, 0.25) is 0 Å². The first kappa shape index (κ1) is 18.5. The van der Waals surface area contributed by atoms with Crippen LogP contribution in [-0.4, -0.2) is 54.6 Å². The van der Waals surface area contributed by atoms with Crippen molar-refractivity contribution in [3.8, 4) is 11.8 Å². The molecule has 4 nitrogen and oxygen atoms in total. The Labute approximate surface area is 165 Å². The fourth-order valence-electron chi connectivity index (χ4n) is 3.54. The van der Waals surface area contributed by atoms with Gasteiger partial charge in [0.15, 0.2) is 0 Å². The van der Waals surface area contributed by atoms with Crippen LogP contribution in [-0.2, 0) is 6.42 Å². The molecule has 0 spiro atoms. The predicted octanol–water partition coefficient (Wildman–Crippen LogP) is 2.72. The molecule has 4 heteroatoms. The number of aromatic nitrogens is 1. The highest BCUT2D eigenvalue weighted by Crippen LogP contribution is 2.15. The van der Waals surface area contributed by atoms with Crippen molar-refractivity contribution in [2.75, 3.05) is 39.8 Å². The summed E-state index contributed by atoms with van der Waals surface area (Å²) in [6, 6.07) is 18.1. The molecule has 4 rings (SSSR count). The number of hydrogen-bond donors (Lipinski definition) is 1. The molecule has 28 heavy (non-hydrogen) atoms. The Bertz CT molecular complexity index is 1070. The Kier molecular flexibility index (Phi) is 5.57. The monoisotopic (exact) mass is 371 g/mol. The number of likely N-dealkylation sites (N-methyl/N-ethyl adjacent to an activating group) is 1. The van der Waals surface area contributed by atoms with Crippen LogP contribution in [0.3, 0.4) is 0 Å². The van der Waals surface area contributed by atoms with Crippen LogP contribution in [0.4, 0.5) is 0 Å². The van der Waals surface area contributed by atoms with Gasteiger partial charge in [-0.15, -0.1) is 0 Å². The van der Waals surface area contributed by atoms with E-state index in [0.717, 1.165) is 60.3 Å². The molecule has 1 N–H and O–H groups in total. The number of nitrogens with zero attached hydrogens (tertiary/aromatic N) is 2. The number of piperazine rings is 1. The number of hydrogen-bond acceptors (Lipinski definition) is 3. The second-order valence-electron chi connectivity index (χ2n) is 7.47. The zero-order valence-corrected chi connectivity index (χ0v) is 16.2. The van der Waals surface area contributed by atoms with Crippen LogP contribution < -0.4 is 5.56 Å². The molecule has 0 unspecified atom stereocenters. The summed E-state index contributed by atoms with van der Waals surface area (Å²) in [6.45, 7) is 5.17. The molecule has 3 aromatic rings. The summed E-state index contributed by atoms with van der Waals surface area (Å²) in [6.07, 6.45) is 0.630. The van der Waals surface area contributed by atoms with Crippen molar-refractivity contribution in [3.05, 3.63) is 81.6 Å². The van der Waals surface area contributed by atoms with E-state index < -0.39 is 0 Å². The lowest BCUT2D eigenvalue weighted by Gasteiger charge is -2.30. The molecular formula is C24H25N3O. The van der Waals surface area contributed by atoms with Crippen LogP contribution in [0.25, 0.3) is 10.9 Å². The average molecular weight is 371 g/mol. The highest BCUT2D eigenvalue weighted by atomic mass is 16.1. The van der Waals surface area contributed by atoms with Gasteiger partial charge in [-0.2, -0.15) is 0 Å². The van der Waals surface area contributed by atoms with Gasteiger partial charge in [0, 0.05) is 49.2 Å². The summed E-state index contributed by atoms with van der Waals surface area (Å²) >= 11 is 0. The lowest BCUT2D eigenvalue weighted by Crippen LogP contribution is -2.44. The van der Waals surface area contributed by atoms with Gasteiger partial charge in [0.25, 0.3) is 5.56 Å². The average Bonchev–Trinajstić information content (AvgIpc) is 2.71. The second-order valence-corrected chi connectivity index (χ2v) is 7.47. The number of H-pyrrole nitrogens is 1. The zero-order chi connectivity index (χ0) is 19.3. The summed E-state index contributed by atoms with van der Waals surface area (Å²) in [4.78, 5) is 20.1.